The van der Waals surface area contributed by atoms with Crippen LogP contribution in [-0.2, 0) is 9.53 Å². The summed E-state index contributed by atoms with van der Waals surface area (Å²) < 4.78 is 4.64. The molecular weight excluding hydrogens is 172 g/mol. The number of rotatable bonds is 7. The van der Waals surface area contributed by atoms with Crippen molar-refractivity contribution in [3.8, 4) is 0 Å². The molecule has 5 N–H and O–H groups in total. The zero-order chi connectivity index (χ0) is 10.1. The van der Waals surface area contributed by atoms with Crippen molar-refractivity contribution in [2.45, 2.75) is 25.3 Å². The maximum absolute atomic E-state index is 11.0. The molecule has 0 fully saturated rings. The maximum atomic E-state index is 11.0. The van der Waals surface area contributed by atoms with Crippen molar-refractivity contribution < 1.29 is 14.6 Å². The summed E-state index contributed by atoms with van der Waals surface area (Å²) in [5.41, 5.74) is 10.8. The number of unbranched alkanes of at least 4 members (excludes halogenated alkanes) is 1. The Bertz CT molecular complexity index is 141. The molecular formula is C8H18N2O3. The van der Waals surface area contributed by atoms with E-state index in [1.165, 1.54) is 0 Å². The van der Waals surface area contributed by atoms with Crippen molar-refractivity contribution in [2.75, 3.05) is 19.8 Å². The SMILES string of the molecule is NCCCCC(N)C(=O)OCCO. The predicted molar refractivity (Wildman–Crippen MR) is 48.9 cm³/mol. The van der Waals surface area contributed by atoms with Crippen LogP contribution in [0.4, 0.5) is 0 Å². The third-order valence-corrected chi connectivity index (χ3v) is 1.61. The van der Waals surface area contributed by atoms with Gasteiger partial charge in [-0.25, -0.2) is 0 Å². The first-order chi connectivity index (χ1) is 6.22. The summed E-state index contributed by atoms with van der Waals surface area (Å²) in [5.74, 6) is -0.453. The lowest BCUT2D eigenvalue weighted by Crippen LogP contribution is -2.32. The molecule has 1 atom stereocenters. The summed E-state index contributed by atoms with van der Waals surface area (Å²) in [4.78, 5) is 11.0. The molecule has 0 amide bonds. The molecule has 0 aromatic heterocycles. The molecule has 0 aliphatic heterocycles. The quantitative estimate of drug-likeness (QED) is 0.352. The normalized spacial score (nSPS) is 12.5. The fourth-order valence-corrected chi connectivity index (χ4v) is 0.880. The van der Waals surface area contributed by atoms with Crippen LogP contribution < -0.4 is 11.5 Å². The van der Waals surface area contributed by atoms with Gasteiger partial charge in [0.15, 0.2) is 0 Å². The molecule has 0 spiro atoms. The van der Waals surface area contributed by atoms with Gasteiger partial charge in [-0.05, 0) is 19.4 Å². The van der Waals surface area contributed by atoms with E-state index in [9.17, 15) is 4.79 Å². The van der Waals surface area contributed by atoms with E-state index in [1.54, 1.807) is 0 Å². The van der Waals surface area contributed by atoms with Crippen LogP contribution in [0, 0.1) is 0 Å². The number of carbonyl (C=O) groups excluding carboxylic acids is 1. The zero-order valence-corrected chi connectivity index (χ0v) is 7.74. The van der Waals surface area contributed by atoms with Crippen molar-refractivity contribution in [3.63, 3.8) is 0 Å². The summed E-state index contributed by atoms with van der Waals surface area (Å²) in [6.45, 7) is 0.461. The highest BCUT2D eigenvalue weighted by molar-refractivity contribution is 5.75. The van der Waals surface area contributed by atoms with Crippen LogP contribution in [0.2, 0.25) is 0 Å². The Morgan fingerprint density at radius 1 is 1.46 bits per heavy atom. The van der Waals surface area contributed by atoms with Gasteiger partial charge >= 0.3 is 5.97 Å². The molecule has 0 radical (unpaired) electrons. The third-order valence-electron chi connectivity index (χ3n) is 1.61. The van der Waals surface area contributed by atoms with Crippen LogP contribution in [0.5, 0.6) is 0 Å². The summed E-state index contributed by atoms with van der Waals surface area (Å²) in [7, 11) is 0. The lowest BCUT2D eigenvalue weighted by molar-refractivity contribution is -0.146. The van der Waals surface area contributed by atoms with Crippen LogP contribution in [0.25, 0.3) is 0 Å². The first-order valence-corrected chi connectivity index (χ1v) is 4.45. The van der Waals surface area contributed by atoms with Crippen LogP contribution in [0.3, 0.4) is 0 Å². The minimum atomic E-state index is -0.585. The van der Waals surface area contributed by atoms with E-state index < -0.39 is 12.0 Å². The Morgan fingerprint density at radius 3 is 2.69 bits per heavy atom. The van der Waals surface area contributed by atoms with Gasteiger partial charge in [-0.2, -0.15) is 0 Å². The lowest BCUT2D eigenvalue weighted by atomic mass is 10.1. The molecule has 0 aliphatic rings. The van der Waals surface area contributed by atoms with Gasteiger partial charge in [-0.1, -0.05) is 6.42 Å². The molecule has 0 aromatic rings. The van der Waals surface area contributed by atoms with E-state index in [2.05, 4.69) is 4.74 Å². The average Bonchev–Trinajstić information content (AvgIpc) is 2.14. The van der Waals surface area contributed by atoms with Crippen molar-refractivity contribution in [3.05, 3.63) is 0 Å². The summed E-state index contributed by atoms with van der Waals surface area (Å²) in [6, 6.07) is -0.585. The molecule has 0 heterocycles. The summed E-state index contributed by atoms with van der Waals surface area (Å²) >= 11 is 0. The highest BCUT2D eigenvalue weighted by Gasteiger charge is 2.13. The average molecular weight is 190 g/mol. The molecule has 0 rings (SSSR count). The summed E-state index contributed by atoms with van der Waals surface area (Å²) in [6.07, 6.45) is 2.27. The highest BCUT2D eigenvalue weighted by atomic mass is 16.5. The lowest BCUT2D eigenvalue weighted by Gasteiger charge is -2.09. The van der Waals surface area contributed by atoms with E-state index >= 15 is 0 Å². The van der Waals surface area contributed by atoms with Gasteiger partial charge in [0.05, 0.1) is 6.61 Å². The fourth-order valence-electron chi connectivity index (χ4n) is 0.880. The minimum Gasteiger partial charge on any atom is -0.462 e. The molecule has 0 aromatic carbocycles. The second-order valence-electron chi connectivity index (χ2n) is 2.78. The Balaban J connectivity index is 3.45. The van der Waals surface area contributed by atoms with Crippen molar-refractivity contribution >= 4 is 5.97 Å². The largest absolute Gasteiger partial charge is 0.462 e. The van der Waals surface area contributed by atoms with Gasteiger partial charge in [0.2, 0.25) is 0 Å². The first kappa shape index (κ1) is 12.3. The van der Waals surface area contributed by atoms with E-state index in [1.807, 2.05) is 0 Å². The molecule has 0 aliphatic carbocycles. The predicted octanol–water partition coefficient (Wildman–Crippen LogP) is -1.02. The zero-order valence-electron chi connectivity index (χ0n) is 7.74. The molecule has 5 heteroatoms. The number of esters is 1. The third kappa shape index (κ3) is 6.51. The van der Waals surface area contributed by atoms with Gasteiger partial charge < -0.3 is 21.3 Å². The van der Waals surface area contributed by atoms with E-state index in [0.717, 1.165) is 12.8 Å². The van der Waals surface area contributed by atoms with Crippen LogP contribution in [-0.4, -0.2) is 36.9 Å². The second-order valence-corrected chi connectivity index (χ2v) is 2.78. The van der Waals surface area contributed by atoms with Crippen LogP contribution in [0.15, 0.2) is 0 Å². The molecule has 0 saturated heterocycles. The number of nitrogens with two attached hydrogens (primary N) is 2. The topological polar surface area (TPSA) is 98.6 Å². The number of aliphatic hydroxyl groups is 1. The molecule has 5 nitrogen and oxygen atoms in total. The van der Waals surface area contributed by atoms with Gasteiger partial charge in [0, 0.05) is 0 Å². The van der Waals surface area contributed by atoms with E-state index in [0.29, 0.717) is 13.0 Å². The molecule has 78 valence electrons. The van der Waals surface area contributed by atoms with Gasteiger partial charge in [0.1, 0.15) is 12.6 Å². The van der Waals surface area contributed by atoms with Gasteiger partial charge in [0.25, 0.3) is 0 Å². The fraction of sp³-hybridized carbons (Fsp3) is 0.875. The maximum Gasteiger partial charge on any atom is 0.322 e. The van der Waals surface area contributed by atoms with E-state index in [4.69, 9.17) is 16.6 Å². The number of hydrogen-bond donors (Lipinski definition) is 3. The Kier molecular flexibility index (Phi) is 7.57. The van der Waals surface area contributed by atoms with Crippen molar-refractivity contribution in [1.29, 1.82) is 0 Å². The molecule has 0 bridgehead atoms. The highest BCUT2D eigenvalue weighted by Crippen LogP contribution is 1.99. The Hall–Kier alpha value is -0.650. The molecule has 1 unspecified atom stereocenters. The number of aliphatic hydroxyl groups excluding tert-OH is 1. The Morgan fingerprint density at radius 2 is 2.15 bits per heavy atom. The standard InChI is InChI=1S/C8H18N2O3/c9-4-2-1-3-7(10)8(12)13-6-5-11/h7,11H,1-6,9-10H2. The van der Waals surface area contributed by atoms with Gasteiger partial charge in [-0.15, -0.1) is 0 Å². The van der Waals surface area contributed by atoms with Crippen LogP contribution >= 0.6 is 0 Å². The number of hydrogen-bond acceptors (Lipinski definition) is 5. The number of carbonyl (C=O) groups is 1. The minimum absolute atomic E-state index is 0.0173. The first-order valence-electron chi connectivity index (χ1n) is 4.45. The summed E-state index contributed by atoms with van der Waals surface area (Å²) in [5, 5.41) is 8.38. The van der Waals surface area contributed by atoms with E-state index in [-0.39, 0.29) is 13.2 Å². The molecule has 0 saturated carbocycles. The molecule has 13 heavy (non-hydrogen) atoms. The van der Waals surface area contributed by atoms with Crippen molar-refractivity contribution in [2.24, 2.45) is 11.5 Å². The second kappa shape index (κ2) is 7.97. The Labute approximate surface area is 78.0 Å². The van der Waals surface area contributed by atoms with Gasteiger partial charge in [-0.3, -0.25) is 4.79 Å². The van der Waals surface area contributed by atoms with Crippen LogP contribution in [0.1, 0.15) is 19.3 Å². The number of ether oxygens (including phenoxy) is 1. The smallest absolute Gasteiger partial charge is 0.322 e. The monoisotopic (exact) mass is 190 g/mol. The van der Waals surface area contributed by atoms with Crippen molar-refractivity contribution in [1.82, 2.24) is 0 Å².